The molecule has 0 unspecified atom stereocenters. The molecule has 136 valence electrons. The molecule has 0 saturated carbocycles. The van der Waals surface area contributed by atoms with Crippen LogP contribution >= 0.6 is 15.9 Å². The predicted octanol–water partition coefficient (Wildman–Crippen LogP) is 6.15. The lowest BCUT2D eigenvalue weighted by Gasteiger charge is -2.07. The number of ether oxygens (including phenoxy) is 1. The number of nitrogens with zero attached hydrogens (tertiary/aromatic N) is 1. The molecular weight excluding hydrogens is 418 g/mol. The summed E-state index contributed by atoms with van der Waals surface area (Å²) in [6, 6.07) is 8.98. The lowest BCUT2D eigenvalue weighted by molar-refractivity contribution is -0.137. The largest absolute Gasteiger partial charge is 0.484 e. The number of halogens is 5. The summed E-state index contributed by atoms with van der Waals surface area (Å²) in [5, 5.41) is 3.87. The second kappa shape index (κ2) is 7.11. The van der Waals surface area contributed by atoms with E-state index in [-0.39, 0.29) is 12.4 Å². The minimum atomic E-state index is -4.40. The van der Waals surface area contributed by atoms with Gasteiger partial charge in [-0.05, 0) is 37.3 Å². The fourth-order valence-electron chi connectivity index (χ4n) is 2.32. The summed E-state index contributed by atoms with van der Waals surface area (Å²) in [6.45, 7) is 1.68. The third-order valence-electron chi connectivity index (χ3n) is 3.75. The molecule has 1 heterocycles. The molecule has 3 nitrogen and oxygen atoms in total. The Hall–Kier alpha value is -2.35. The van der Waals surface area contributed by atoms with Crippen LogP contribution < -0.4 is 4.74 Å². The first-order valence-corrected chi connectivity index (χ1v) is 8.25. The molecule has 2 aromatic carbocycles. The van der Waals surface area contributed by atoms with E-state index in [0.29, 0.717) is 27.1 Å². The van der Waals surface area contributed by atoms with Gasteiger partial charge >= 0.3 is 6.18 Å². The van der Waals surface area contributed by atoms with Crippen molar-refractivity contribution in [3.63, 3.8) is 0 Å². The number of benzene rings is 2. The SMILES string of the molecule is Cc1c(COc2ccc(Br)cc2F)noc1-c1ccc(C(F)(F)F)cc1. The summed E-state index contributed by atoms with van der Waals surface area (Å²) < 4.78 is 62.9. The summed E-state index contributed by atoms with van der Waals surface area (Å²) >= 11 is 3.16. The van der Waals surface area contributed by atoms with Gasteiger partial charge in [0.1, 0.15) is 12.3 Å². The second-order valence-electron chi connectivity index (χ2n) is 5.52. The van der Waals surface area contributed by atoms with Crippen LogP contribution in [0.15, 0.2) is 51.5 Å². The summed E-state index contributed by atoms with van der Waals surface area (Å²) in [5.41, 5.74) is 0.765. The summed E-state index contributed by atoms with van der Waals surface area (Å²) in [7, 11) is 0. The van der Waals surface area contributed by atoms with Crippen LogP contribution in [0.3, 0.4) is 0 Å². The Morgan fingerprint density at radius 2 is 1.81 bits per heavy atom. The van der Waals surface area contributed by atoms with Gasteiger partial charge < -0.3 is 9.26 Å². The molecule has 0 amide bonds. The highest BCUT2D eigenvalue weighted by Gasteiger charge is 2.30. The maximum absolute atomic E-state index is 13.8. The molecule has 8 heteroatoms. The maximum atomic E-state index is 13.8. The number of hydrogen-bond acceptors (Lipinski definition) is 3. The Labute approximate surface area is 154 Å². The predicted molar refractivity (Wildman–Crippen MR) is 90.1 cm³/mol. The molecule has 0 aliphatic heterocycles. The van der Waals surface area contributed by atoms with E-state index in [1.165, 1.54) is 24.3 Å². The van der Waals surface area contributed by atoms with E-state index in [1.54, 1.807) is 13.0 Å². The van der Waals surface area contributed by atoms with Crippen molar-refractivity contribution in [2.24, 2.45) is 0 Å². The molecule has 0 saturated heterocycles. The maximum Gasteiger partial charge on any atom is 0.416 e. The van der Waals surface area contributed by atoms with Crippen LogP contribution in [0.1, 0.15) is 16.8 Å². The number of rotatable bonds is 4. The average molecular weight is 430 g/mol. The number of alkyl halides is 3. The molecule has 0 radical (unpaired) electrons. The van der Waals surface area contributed by atoms with Crippen LogP contribution in [0.4, 0.5) is 17.6 Å². The van der Waals surface area contributed by atoms with E-state index in [4.69, 9.17) is 9.26 Å². The van der Waals surface area contributed by atoms with Gasteiger partial charge in [-0.2, -0.15) is 13.2 Å². The third-order valence-corrected chi connectivity index (χ3v) is 4.25. The van der Waals surface area contributed by atoms with Gasteiger partial charge in [0.05, 0.1) is 5.56 Å². The first kappa shape index (κ1) is 18.4. The van der Waals surface area contributed by atoms with Crippen molar-refractivity contribution in [3.8, 4) is 17.1 Å². The van der Waals surface area contributed by atoms with E-state index in [1.807, 2.05) is 0 Å². The lowest BCUT2D eigenvalue weighted by Crippen LogP contribution is -2.04. The van der Waals surface area contributed by atoms with Crippen molar-refractivity contribution in [2.45, 2.75) is 19.7 Å². The van der Waals surface area contributed by atoms with Gasteiger partial charge in [0.2, 0.25) is 0 Å². The first-order chi connectivity index (χ1) is 12.3. The fourth-order valence-corrected chi connectivity index (χ4v) is 2.65. The molecular formula is C18H12BrF4NO2. The van der Waals surface area contributed by atoms with Gasteiger partial charge in [-0.1, -0.05) is 33.2 Å². The topological polar surface area (TPSA) is 35.3 Å². The zero-order valence-corrected chi connectivity index (χ0v) is 15.0. The summed E-state index contributed by atoms with van der Waals surface area (Å²) in [5.74, 6) is -0.122. The van der Waals surface area contributed by atoms with Crippen molar-refractivity contribution < 1.29 is 26.8 Å². The second-order valence-corrected chi connectivity index (χ2v) is 6.44. The Bertz CT molecular complexity index is 920. The Morgan fingerprint density at radius 3 is 2.42 bits per heavy atom. The van der Waals surface area contributed by atoms with Crippen molar-refractivity contribution >= 4 is 15.9 Å². The molecule has 0 bridgehead atoms. The van der Waals surface area contributed by atoms with E-state index in [2.05, 4.69) is 21.1 Å². The highest BCUT2D eigenvalue weighted by Crippen LogP contribution is 2.32. The van der Waals surface area contributed by atoms with E-state index in [9.17, 15) is 17.6 Å². The third kappa shape index (κ3) is 3.90. The van der Waals surface area contributed by atoms with Crippen LogP contribution in [0.25, 0.3) is 11.3 Å². The standard InChI is InChI=1S/C18H12BrF4NO2/c1-10-15(9-25-16-7-6-13(19)8-14(16)20)24-26-17(10)11-2-4-12(5-3-11)18(21,22)23/h2-8H,9H2,1H3. The number of aromatic nitrogens is 1. The van der Waals surface area contributed by atoms with Gasteiger partial charge in [0.25, 0.3) is 0 Å². The van der Waals surface area contributed by atoms with Crippen molar-refractivity contribution in [1.29, 1.82) is 0 Å². The average Bonchev–Trinajstić information content (AvgIpc) is 2.94. The van der Waals surface area contributed by atoms with Crippen LogP contribution in [-0.2, 0) is 12.8 Å². The molecule has 1 aromatic heterocycles. The highest BCUT2D eigenvalue weighted by molar-refractivity contribution is 9.10. The summed E-state index contributed by atoms with van der Waals surface area (Å²) in [4.78, 5) is 0. The molecule has 0 fully saturated rings. The molecule has 0 aliphatic rings. The summed E-state index contributed by atoms with van der Waals surface area (Å²) in [6.07, 6.45) is -4.40. The molecule has 3 rings (SSSR count). The number of hydrogen-bond donors (Lipinski definition) is 0. The zero-order valence-electron chi connectivity index (χ0n) is 13.4. The Morgan fingerprint density at radius 1 is 1.12 bits per heavy atom. The highest BCUT2D eigenvalue weighted by atomic mass is 79.9. The van der Waals surface area contributed by atoms with Gasteiger partial charge in [0, 0.05) is 15.6 Å². The zero-order chi connectivity index (χ0) is 18.9. The van der Waals surface area contributed by atoms with E-state index in [0.717, 1.165) is 12.1 Å². The van der Waals surface area contributed by atoms with Crippen LogP contribution in [0, 0.1) is 12.7 Å². The minimum Gasteiger partial charge on any atom is -0.484 e. The van der Waals surface area contributed by atoms with Gasteiger partial charge in [-0.3, -0.25) is 0 Å². The van der Waals surface area contributed by atoms with Gasteiger partial charge in [-0.15, -0.1) is 0 Å². The van der Waals surface area contributed by atoms with Crippen molar-refractivity contribution in [3.05, 3.63) is 69.6 Å². The normalized spacial score (nSPS) is 11.6. The van der Waals surface area contributed by atoms with Crippen LogP contribution in [0.5, 0.6) is 5.75 Å². The van der Waals surface area contributed by atoms with Crippen molar-refractivity contribution in [2.75, 3.05) is 0 Å². The monoisotopic (exact) mass is 429 g/mol. The Kier molecular flexibility index (Phi) is 5.04. The van der Waals surface area contributed by atoms with Crippen LogP contribution in [-0.4, -0.2) is 5.16 Å². The van der Waals surface area contributed by atoms with Gasteiger partial charge in [0.15, 0.2) is 17.3 Å². The molecule has 0 aliphatic carbocycles. The van der Waals surface area contributed by atoms with E-state index < -0.39 is 17.6 Å². The molecule has 0 atom stereocenters. The van der Waals surface area contributed by atoms with Crippen molar-refractivity contribution in [1.82, 2.24) is 5.16 Å². The smallest absolute Gasteiger partial charge is 0.416 e. The Balaban J connectivity index is 1.77. The molecule has 0 spiro atoms. The van der Waals surface area contributed by atoms with Gasteiger partial charge in [-0.25, -0.2) is 4.39 Å². The fraction of sp³-hybridized carbons (Fsp3) is 0.167. The first-order valence-electron chi connectivity index (χ1n) is 7.46. The van der Waals surface area contributed by atoms with Crippen LogP contribution in [0.2, 0.25) is 0 Å². The lowest BCUT2D eigenvalue weighted by atomic mass is 10.1. The van der Waals surface area contributed by atoms with E-state index >= 15 is 0 Å². The minimum absolute atomic E-state index is 0.0332. The quantitative estimate of drug-likeness (QED) is 0.466. The molecule has 0 N–H and O–H groups in total. The molecule has 26 heavy (non-hydrogen) atoms. The molecule has 3 aromatic rings.